The van der Waals surface area contributed by atoms with E-state index in [2.05, 4.69) is 5.32 Å². The Balaban J connectivity index is 1.92. The van der Waals surface area contributed by atoms with Gasteiger partial charge < -0.3 is 15.0 Å². The predicted molar refractivity (Wildman–Crippen MR) is 141 cm³/mol. The molecular formula is C28H30Cl2N2O3. The summed E-state index contributed by atoms with van der Waals surface area (Å²) in [5.74, 6) is -0.129. The first-order valence-electron chi connectivity index (χ1n) is 11.6. The topological polar surface area (TPSA) is 58.6 Å². The lowest BCUT2D eigenvalue weighted by Crippen LogP contribution is -2.53. The Labute approximate surface area is 217 Å². The quantitative estimate of drug-likeness (QED) is 0.346. The zero-order valence-corrected chi connectivity index (χ0v) is 21.4. The van der Waals surface area contributed by atoms with E-state index in [9.17, 15) is 9.59 Å². The lowest BCUT2D eigenvalue weighted by Gasteiger charge is -2.32. The van der Waals surface area contributed by atoms with E-state index in [1.807, 2.05) is 56.3 Å². The van der Waals surface area contributed by atoms with Crippen molar-refractivity contribution in [1.82, 2.24) is 10.2 Å². The van der Waals surface area contributed by atoms with Gasteiger partial charge in [0.15, 0.2) is 6.61 Å². The van der Waals surface area contributed by atoms with Crippen molar-refractivity contribution >= 4 is 35.0 Å². The number of ether oxygens (including phenoxy) is 1. The number of rotatable bonds is 11. The van der Waals surface area contributed by atoms with E-state index in [0.717, 1.165) is 17.5 Å². The van der Waals surface area contributed by atoms with Crippen LogP contribution in [0.1, 0.15) is 31.4 Å². The molecule has 0 aliphatic carbocycles. The molecule has 3 aromatic rings. The van der Waals surface area contributed by atoms with E-state index in [0.29, 0.717) is 22.2 Å². The summed E-state index contributed by atoms with van der Waals surface area (Å²) in [5.41, 5.74) is 1.77. The van der Waals surface area contributed by atoms with Crippen LogP contribution in [0.25, 0.3) is 0 Å². The molecule has 0 saturated heterocycles. The molecule has 3 rings (SSSR count). The number of amides is 2. The lowest BCUT2D eigenvalue weighted by atomic mass is 10.0. The Morgan fingerprint density at radius 1 is 0.943 bits per heavy atom. The number of carbonyl (C=O) groups excluding carboxylic acids is 2. The summed E-state index contributed by atoms with van der Waals surface area (Å²) in [6, 6.07) is 23.1. The van der Waals surface area contributed by atoms with Crippen molar-refractivity contribution in [3.05, 3.63) is 100 Å². The van der Waals surface area contributed by atoms with E-state index in [1.165, 1.54) is 0 Å². The van der Waals surface area contributed by atoms with Gasteiger partial charge in [-0.2, -0.15) is 0 Å². The highest BCUT2D eigenvalue weighted by atomic mass is 35.5. The summed E-state index contributed by atoms with van der Waals surface area (Å²) in [6.07, 6.45) is 1.14. The van der Waals surface area contributed by atoms with Crippen LogP contribution in [-0.4, -0.2) is 35.4 Å². The van der Waals surface area contributed by atoms with E-state index < -0.39 is 6.04 Å². The average Bonchev–Trinajstić information content (AvgIpc) is 2.86. The predicted octanol–water partition coefficient (Wildman–Crippen LogP) is 5.93. The van der Waals surface area contributed by atoms with Gasteiger partial charge in [-0.25, -0.2) is 0 Å². The molecule has 0 heterocycles. The molecule has 0 aliphatic heterocycles. The maximum absolute atomic E-state index is 13.6. The monoisotopic (exact) mass is 512 g/mol. The van der Waals surface area contributed by atoms with Crippen molar-refractivity contribution in [2.24, 2.45) is 0 Å². The smallest absolute Gasteiger partial charge is 0.261 e. The second kappa shape index (κ2) is 13.2. The summed E-state index contributed by atoms with van der Waals surface area (Å²) in [7, 11) is 0. The molecule has 0 aliphatic rings. The molecule has 35 heavy (non-hydrogen) atoms. The third-order valence-electron chi connectivity index (χ3n) is 5.70. The highest BCUT2D eigenvalue weighted by Crippen LogP contribution is 2.24. The fourth-order valence-electron chi connectivity index (χ4n) is 3.61. The number of nitrogens with one attached hydrogen (secondary N) is 1. The summed E-state index contributed by atoms with van der Waals surface area (Å²) >= 11 is 12.4. The lowest BCUT2D eigenvalue weighted by molar-refractivity contribution is -0.143. The number of nitrogens with zero attached hydrogens (tertiary/aromatic N) is 1. The number of hydrogen-bond donors (Lipinski definition) is 1. The zero-order chi connectivity index (χ0) is 25.2. The van der Waals surface area contributed by atoms with Gasteiger partial charge in [0, 0.05) is 24.0 Å². The Kier molecular flexibility index (Phi) is 10.0. The van der Waals surface area contributed by atoms with Crippen molar-refractivity contribution in [3.8, 4) is 5.75 Å². The van der Waals surface area contributed by atoms with E-state index in [4.69, 9.17) is 27.9 Å². The van der Waals surface area contributed by atoms with Crippen molar-refractivity contribution in [2.45, 2.75) is 45.3 Å². The highest BCUT2D eigenvalue weighted by Gasteiger charge is 2.31. The summed E-state index contributed by atoms with van der Waals surface area (Å²) in [4.78, 5) is 28.6. The van der Waals surface area contributed by atoms with Crippen LogP contribution < -0.4 is 10.1 Å². The maximum Gasteiger partial charge on any atom is 0.261 e. The van der Waals surface area contributed by atoms with Gasteiger partial charge in [-0.05, 0) is 48.7 Å². The minimum Gasteiger partial charge on any atom is -0.482 e. The minimum atomic E-state index is -0.743. The van der Waals surface area contributed by atoms with Crippen molar-refractivity contribution in [1.29, 1.82) is 0 Å². The number of halogens is 2. The molecule has 0 radical (unpaired) electrons. The molecular weight excluding hydrogens is 483 g/mol. The van der Waals surface area contributed by atoms with Gasteiger partial charge in [0.05, 0.1) is 5.02 Å². The molecule has 0 saturated carbocycles. The van der Waals surface area contributed by atoms with Crippen LogP contribution in [0.4, 0.5) is 0 Å². The van der Waals surface area contributed by atoms with E-state index in [1.54, 1.807) is 41.3 Å². The van der Waals surface area contributed by atoms with Crippen LogP contribution in [0.15, 0.2) is 78.9 Å². The molecule has 0 fully saturated rings. The van der Waals surface area contributed by atoms with Crippen LogP contribution >= 0.6 is 23.2 Å². The van der Waals surface area contributed by atoms with Crippen molar-refractivity contribution < 1.29 is 14.3 Å². The van der Waals surface area contributed by atoms with Crippen LogP contribution in [-0.2, 0) is 22.6 Å². The highest BCUT2D eigenvalue weighted by molar-refractivity contribution is 6.32. The van der Waals surface area contributed by atoms with Gasteiger partial charge in [-0.1, -0.05) is 84.7 Å². The Morgan fingerprint density at radius 2 is 1.63 bits per heavy atom. The number of para-hydroxylation sites is 1. The van der Waals surface area contributed by atoms with Crippen molar-refractivity contribution in [3.63, 3.8) is 0 Å². The molecule has 5 nitrogen and oxygen atoms in total. The Bertz CT molecular complexity index is 1120. The molecule has 0 unspecified atom stereocenters. The molecule has 1 N–H and O–H groups in total. The van der Waals surface area contributed by atoms with Gasteiger partial charge in [0.2, 0.25) is 5.91 Å². The van der Waals surface area contributed by atoms with Crippen molar-refractivity contribution in [2.75, 3.05) is 6.61 Å². The first-order chi connectivity index (χ1) is 16.9. The van der Waals surface area contributed by atoms with Crippen LogP contribution in [0.2, 0.25) is 10.0 Å². The van der Waals surface area contributed by atoms with Crippen LogP contribution in [0, 0.1) is 0 Å². The molecule has 184 valence electrons. The molecule has 2 atom stereocenters. The normalized spacial score (nSPS) is 12.5. The molecule has 2 amide bonds. The summed E-state index contributed by atoms with van der Waals surface area (Å²) < 4.78 is 5.74. The SMILES string of the molecule is CC[C@@H](C)NC(=O)[C@H](Cc1ccccc1)N(Cc1cccc(Cl)c1)C(=O)COc1ccccc1Cl. The van der Waals surface area contributed by atoms with Gasteiger partial charge >= 0.3 is 0 Å². The molecule has 0 aromatic heterocycles. The largest absolute Gasteiger partial charge is 0.482 e. The molecule has 0 spiro atoms. The first kappa shape index (κ1) is 26.6. The number of carbonyl (C=O) groups is 2. The minimum absolute atomic E-state index is 0.0247. The van der Waals surface area contributed by atoms with E-state index in [-0.39, 0.29) is 31.0 Å². The van der Waals surface area contributed by atoms with Gasteiger partial charge in [0.25, 0.3) is 5.91 Å². The average molecular weight is 513 g/mol. The summed E-state index contributed by atoms with van der Waals surface area (Å²) in [5, 5.41) is 4.02. The summed E-state index contributed by atoms with van der Waals surface area (Å²) in [6.45, 7) is 3.90. The first-order valence-corrected chi connectivity index (χ1v) is 12.4. The number of benzene rings is 3. The zero-order valence-electron chi connectivity index (χ0n) is 19.9. The third kappa shape index (κ3) is 8.01. The molecule has 0 bridgehead atoms. The standard InChI is InChI=1S/C28H30Cl2N2O3/c1-3-20(2)31-28(34)25(17-21-10-5-4-6-11-21)32(18-22-12-9-13-23(29)16-22)27(33)19-35-26-15-8-7-14-24(26)30/h4-16,20,25H,3,17-19H2,1-2H3,(H,31,34)/t20-,25+/m1/s1. The Morgan fingerprint density at radius 3 is 2.31 bits per heavy atom. The molecule has 7 heteroatoms. The second-order valence-electron chi connectivity index (χ2n) is 8.39. The van der Waals surface area contributed by atoms with Gasteiger partial charge in [-0.3, -0.25) is 9.59 Å². The van der Waals surface area contributed by atoms with Gasteiger partial charge in [0.1, 0.15) is 11.8 Å². The van der Waals surface area contributed by atoms with E-state index >= 15 is 0 Å². The van der Waals surface area contributed by atoms with Crippen LogP contribution in [0.3, 0.4) is 0 Å². The van der Waals surface area contributed by atoms with Crippen LogP contribution in [0.5, 0.6) is 5.75 Å². The number of hydrogen-bond acceptors (Lipinski definition) is 3. The third-order valence-corrected chi connectivity index (χ3v) is 6.25. The Hall–Kier alpha value is -3.02. The molecule has 3 aromatic carbocycles. The maximum atomic E-state index is 13.6. The fourth-order valence-corrected chi connectivity index (χ4v) is 4.01. The van der Waals surface area contributed by atoms with Gasteiger partial charge in [-0.15, -0.1) is 0 Å². The fraction of sp³-hybridized carbons (Fsp3) is 0.286. The second-order valence-corrected chi connectivity index (χ2v) is 9.24.